The van der Waals surface area contributed by atoms with Gasteiger partial charge in [0.15, 0.2) is 5.17 Å². The number of benzene rings is 3. The first-order valence-corrected chi connectivity index (χ1v) is 14.1. The van der Waals surface area contributed by atoms with Crippen molar-refractivity contribution in [1.29, 1.82) is 0 Å². The zero-order valence-corrected chi connectivity index (χ0v) is 23.5. The smallest absolute Gasteiger partial charge is 0.338 e. The van der Waals surface area contributed by atoms with Crippen molar-refractivity contribution in [2.75, 3.05) is 38.4 Å². The molecule has 8 nitrogen and oxygen atoms in total. The van der Waals surface area contributed by atoms with Crippen molar-refractivity contribution >= 4 is 40.2 Å². The molecular formula is C31H31N3O5S. The van der Waals surface area contributed by atoms with Crippen LogP contribution >= 0.6 is 11.8 Å². The van der Waals surface area contributed by atoms with Crippen LogP contribution in [0.3, 0.4) is 0 Å². The van der Waals surface area contributed by atoms with Crippen LogP contribution in [0, 0.1) is 0 Å². The van der Waals surface area contributed by atoms with Gasteiger partial charge in [0.2, 0.25) is 0 Å². The van der Waals surface area contributed by atoms with Gasteiger partial charge in [-0.05, 0) is 43.2 Å². The van der Waals surface area contributed by atoms with E-state index in [4.69, 9.17) is 19.2 Å². The van der Waals surface area contributed by atoms with Gasteiger partial charge in [0, 0.05) is 35.2 Å². The number of nitrogens with zero attached hydrogens (tertiary/aromatic N) is 2. The van der Waals surface area contributed by atoms with Crippen LogP contribution in [0.1, 0.15) is 40.9 Å². The van der Waals surface area contributed by atoms with Crippen LogP contribution in [-0.2, 0) is 9.53 Å². The molecule has 0 saturated carbocycles. The number of fused-ring (bicyclic) bond motifs is 1. The number of aliphatic imine (C=N–C) groups is 1. The minimum absolute atomic E-state index is 0.266. The van der Waals surface area contributed by atoms with Crippen LogP contribution in [0.4, 0.5) is 5.69 Å². The third kappa shape index (κ3) is 5.70. The molecular weight excluding hydrogens is 526 g/mol. The number of amides is 1. The summed E-state index contributed by atoms with van der Waals surface area (Å²) in [5.74, 6) is 1.36. The molecule has 3 aromatic carbocycles. The fraction of sp³-hybridized carbons (Fsp3) is 0.258. The molecule has 206 valence electrons. The number of anilines is 1. The third-order valence-electron chi connectivity index (χ3n) is 6.71. The molecule has 0 bridgehead atoms. The van der Waals surface area contributed by atoms with Gasteiger partial charge in [0.25, 0.3) is 5.91 Å². The quantitative estimate of drug-likeness (QED) is 0.351. The minimum Gasteiger partial charge on any atom is -0.497 e. The van der Waals surface area contributed by atoms with E-state index in [1.165, 1.54) is 0 Å². The number of ether oxygens (including phenoxy) is 3. The second-order valence-electron chi connectivity index (χ2n) is 9.22. The van der Waals surface area contributed by atoms with Crippen molar-refractivity contribution < 1.29 is 23.8 Å². The zero-order chi connectivity index (χ0) is 28.1. The van der Waals surface area contributed by atoms with Crippen LogP contribution in [0.2, 0.25) is 0 Å². The number of hydrogen-bond acceptors (Lipinski definition) is 8. The van der Waals surface area contributed by atoms with Crippen molar-refractivity contribution in [2.45, 2.75) is 19.4 Å². The normalized spacial score (nSPS) is 16.5. The van der Waals surface area contributed by atoms with Crippen LogP contribution in [0.15, 0.2) is 83.4 Å². The molecule has 1 amide bonds. The van der Waals surface area contributed by atoms with Gasteiger partial charge in [-0.1, -0.05) is 54.2 Å². The second-order valence-corrected chi connectivity index (χ2v) is 10.3. The lowest BCUT2D eigenvalue weighted by Gasteiger charge is -2.41. The number of rotatable bonds is 8. The number of hydrogen-bond donors (Lipinski definition) is 1. The Morgan fingerprint density at radius 2 is 1.70 bits per heavy atom. The fourth-order valence-electron chi connectivity index (χ4n) is 4.82. The first-order valence-electron chi connectivity index (χ1n) is 13.1. The van der Waals surface area contributed by atoms with Crippen LogP contribution in [0.25, 0.3) is 5.70 Å². The SMILES string of the molecule is CCOC(=O)C1=C(c2ccccc2)N=C2SCCCN2C1c1ccc(NC(=O)c2cc(OC)cc(OC)c2)cc1. The van der Waals surface area contributed by atoms with Gasteiger partial charge in [0.05, 0.1) is 38.1 Å². The monoisotopic (exact) mass is 557 g/mol. The third-order valence-corrected chi connectivity index (χ3v) is 7.79. The molecule has 1 atom stereocenters. The lowest BCUT2D eigenvalue weighted by Crippen LogP contribution is -2.42. The van der Waals surface area contributed by atoms with Crippen molar-refractivity contribution in [3.63, 3.8) is 0 Å². The van der Waals surface area contributed by atoms with E-state index in [-0.39, 0.29) is 24.5 Å². The van der Waals surface area contributed by atoms with Crippen molar-refractivity contribution in [3.05, 3.63) is 95.1 Å². The molecule has 1 N–H and O–H groups in total. The van der Waals surface area contributed by atoms with Gasteiger partial charge < -0.3 is 24.4 Å². The molecule has 40 heavy (non-hydrogen) atoms. The summed E-state index contributed by atoms with van der Waals surface area (Å²) in [6, 6.07) is 22.0. The molecule has 5 rings (SSSR count). The first kappa shape index (κ1) is 27.3. The molecule has 1 fully saturated rings. The summed E-state index contributed by atoms with van der Waals surface area (Å²) in [4.78, 5) is 33.6. The summed E-state index contributed by atoms with van der Waals surface area (Å²) in [7, 11) is 3.08. The highest BCUT2D eigenvalue weighted by Gasteiger charge is 2.39. The summed E-state index contributed by atoms with van der Waals surface area (Å²) in [6.45, 7) is 2.85. The summed E-state index contributed by atoms with van der Waals surface area (Å²) in [6.07, 6.45) is 0.981. The predicted octanol–water partition coefficient (Wildman–Crippen LogP) is 5.78. The van der Waals surface area contributed by atoms with Gasteiger partial charge in [-0.15, -0.1) is 0 Å². The van der Waals surface area contributed by atoms with E-state index in [2.05, 4.69) is 10.2 Å². The largest absolute Gasteiger partial charge is 0.497 e. The van der Waals surface area contributed by atoms with Crippen LogP contribution in [0.5, 0.6) is 11.5 Å². The highest BCUT2D eigenvalue weighted by molar-refractivity contribution is 8.13. The molecule has 2 aliphatic heterocycles. The maximum atomic E-state index is 13.5. The number of methoxy groups -OCH3 is 2. The van der Waals surface area contributed by atoms with Gasteiger partial charge in [-0.3, -0.25) is 4.79 Å². The summed E-state index contributed by atoms with van der Waals surface area (Å²) < 4.78 is 16.1. The minimum atomic E-state index is -0.380. The topological polar surface area (TPSA) is 89.5 Å². The molecule has 3 aromatic rings. The number of thioether (sulfide) groups is 1. The van der Waals surface area contributed by atoms with Gasteiger partial charge in [0.1, 0.15) is 11.5 Å². The van der Waals surface area contributed by atoms with E-state index in [9.17, 15) is 9.59 Å². The lowest BCUT2D eigenvalue weighted by molar-refractivity contribution is -0.139. The van der Waals surface area contributed by atoms with E-state index >= 15 is 0 Å². The Labute approximate surface area is 238 Å². The molecule has 0 aromatic heterocycles. The van der Waals surface area contributed by atoms with Crippen molar-refractivity contribution in [3.8, 4) is 11.5 Å². The van der Waals surface area contributed by atoms with E-state index in [1.54, 1.807) is 51.1 Å². The Balaban J connectivity index is 1.50. The number of carbonyl (C=O) groups is 2. The molecule has 9 heteroatoms. The van der Waals surface area contributed by atoms with Gasteiger partial charge in [-0.2, -0.15) is 0 Å². The predicted molar refractivity (Wildman–Crippen MR) is 158 cm³/mol. The molecule has 2 heterocycles. The zero-order valence-electron chi connectivity index (χ0n) is 22.7. The second kappa shape index (κ2) is 12.3. The van der Waals surface area contributed by atoms with Crippen molar-refractivity contribution in [1.82, 2.24) is 4.90 Å². The molecule has 0 radical (unpaired) electrons. The van der Waals surface area contributed by atoms with Crippen molar-refractivity contribution in [2.24, 2.45) is 4.99 Å². The molecule has 2 aliphatic rings. The Bertz CT molecular complexity index is 1430. The van der Waals surface area contributed by atoms with E-state index in [0.29, 0.717) is 34.0 Å². The van der Waals surface area contributed by atoms with Gasteiger partial charge >= 0.3 is 5.97 Å². The lowest BCUT2D eigenvalue weighted by atomic mass is 9.91. The van der Waals surface area contributed by atoms with Gasteiger partial charge in [-0.25, -0.2) is 9.79 Å². The molecule has 0 spiro atoms. The molecule has 0 aliphatic carbocycles. The Hall–Kier alpha value is -4.24. The van der Waals surface area contributed by atoms with E-state index in [0.717, 1.165) is 35.0 Å². The first-order chi connectivity index (χ1) is 19.5. The number of amidine groups is 1. The average molecular weight is 558 g/mol. The Morgan fingerprint density at radius 3 is 2.35 bits per heavy atom. The van der Waals surface area contributed by atoms with E-state index < -0.39 is 0 Å². The molecule has 1 unspecified atom stereocenters. The Morgan fingerprint density at radius 1 is 1.00 bits per heavy atom. The number of nitrogens with one attached hydrogen (secondary N) is 1. The highest BCUT2D eigenvalue weighted by atomic mass is 32.2. The number of carbonyl (C=O) groups excluding carboxylic acids is 2. The standard InChI is InChI=1S/C31H31N3O5S/c1-4-39-30(36)26-27(20-9-6-5-7-10-20)33-31-34(15-8-16-40-31)28(26)21-11-13-23(14-12-21)32-29(35)22-17-24(37-2)19-25(18-22)38-3/h5-7,9-14,17-19,28H,4,8,15-16H2,1-3H3,(H,32,35). The maximum Gasteiger partial charge on any atom is 0.338 e. The summed E-state index contributed by atoms with van der Waals surface area (Å²) in [5, 5.41) is 3.84. The molecule has 1 saturated heterocycles. The highest BCUT2D eigenvalue weighted by Crippen LogP contribution is 2.43. The Kier molecular flexibility index (Phi) is 8.40. The van der Waals surface area contributed by atoms with Crippen LogP contribution in [-0.4, -0.2) is 55.1 Å². The maximum absolute atomic E-state index is 13.5. The summed E-state index contributed by atoms with van der Waals surface area (Å²) >= 11 is 1.70. The number of esters is 1. The average Bonchev–Trinajstić information content (AvgIpc) is 3.00. The van der Waals surface area contributed by atoms with E-state index in [1.807, 2.05) is 54.6 Å². The summed E-state index contributed by atoms with van der Waals surface area (Å²) in [5.41, 5.74) is 3.96. The fourth-order valence-corrected chi connectivity index (χ4v) is 5.80. The van der Waals surface area contributed by atoms with Crippen LogP contribution < -0.4 is 14.8 Å².